The van der Waals surface area contributed by atoms with Crippen molar-refractivity contribution >= 4 is 21.9 Å². The Morgan fingerprint density at radius 2 is 1.73 bits per heavy atom. The molecular formula is C21H29FN2O5S. The molecule has 0 bridgehead atoms. The van der Waals surface area contributed by atoms with E-state index in [1.807, 2.05) is 0 Å². The number of halogens is 1. The van der Waals surface area contributed by atoms with Gasteiger partial charge in [-0.25, -0.2) is 17.6 Å². The molecule has 2 aliphatic heterocycles. The lowest BCUT2D eigenvalue weighted by molar-refractivity contribution is -0.137. The fraction of sp³-hybridized carbons (Fsp3) is 0.619. The lowest BCUT2D eigenvalue weighted by Gasteiger charge is -2.34. The van der Waals surface area contributed by atoms with Gasteiger partial charge in [-0.1, -0.05) is 20.3 Å². The molecule has 2 fully saturated rings. The molecule has 2 atom stereocenters. The van der Waals surface area contributed by atoms with Gasteiger partial charge in [0.05, 0.1) is 5.56 Å². The summed E-state index contributed by atoms with van der Waals surface area (Å²) in [7, 11) is -4.03. The minimum atomic E-state index is -4.03. The molecule has 1 aromatic carbocycles. The number of ether oxygens (including phenoxy) is 1. The molecule has 2 unspecified atom stereocenters. The van der Waals surface area contributed by atoms with E-state index in [2.05, 4.69) is 13.8 Å². The fourth-order valence-corrected chi connectivity index (χ4v) is 5.85. The largest absolute Gasteiger partial charge is 0.452 e. The minimum Gasteiger partial charge on any atom is -0.452 e. The zero-order valence-electron chi connectivity index (χ0n) is 17.5. The zero-order valence-corrected chi connectivity index (χ0v) is 18.3. The van der Waals surface area contributed by atoms with Crippen molar-refractivity contribution in [2.24, 2.45) is 11.8 Å². The predicted octanol–water partition coefficient (Wildman–Crippen LogP) is 2.66. The quantitative estimate of drug-likeness (QED) is 0.658. The highest BCUT2D eigenvalue weighted by molar-refractivity contribution is 7.89. The van der Waals surface area contributed by atoms with Crippen LogP contribution < -0.4 is 0 Å². The van der Waals surface area contributed by atoms with Gasteiger partial charge < -0.3 is 9.64 Å². The summed E-state index contributed by atoms with van der Waals surface area (Å²) >= 11 is 0. The van der Waals surface area contributed by atoms with Crippen molar-refractivity contribution in [3.05, 3.63) is 29.6 Å². The number of amides is 1. The summed E-state index contributed by atoms with van der Waals surface area (Å²) in [6, 6.07) is 3.11. The standard InChI is InChI=1S/C21H29FN2O5S/c1-15-10-16(2)13-23(12-15)20(25)14-29-21(26)17-6-7-18(22)19(11-17)30(27,28)24-8-4-3-5-9-24/h6-7,11,15-16H,3-5,8-10,12-14H2,1-2H3. The maximum atomic E-state index is 14.3. The van der Waals surface area contributed by atoms with E-state index in [9.17, 15) is 22.4 Å². The number of sulfonamides is 1. The van der Waals surface area contributed by atoms with Crippen molar-refractivity contribution in [1.82, 2.24) is 9.21 Å². The Bertz CT molecular complexity index is 889. The molecule has 0 radical (unpaired) electrons. The zero-order chi connectivity index (χ0) is 21.9. The Morgan fingerprint density at radius 1 is 1.10 bits per heavy atom. The van der Waals surface area contributed by atoms with Gasteiger partial charge in [0.15, 0.2) is 6.61 Å². The summed E-state index contributed by atoms with van der Waals surface area (Å²) in [5.41, 5.74) is -0.0971. The number of carbonyl (C=O) groups excluding carboxylic acids is 2. The normalized spacial score (nSPS) is 23.2. The number of esters is 1. The van der Waals surface area contributed by atoms with Crippen molar-refractivity contribution in [3.63, 3.8) is 0 Å². The van der Waals surface area contributed by atoms with Gasteiger partial charge in [0, 0.05) is 26.2 Å². The van der Waals surface area contributed by atoms with Gasteiger partial charge in [0.1, 0.15) is 10.7 Å². The highest BCUT2D eigenvalue weighted by Gasteiger charge is 2.30. The third-order valence-corrected chi connectivity index (χ3v) is 7.56. The molecule has 1 amide bonds. The number of hydrogen-bond acceptors (Lipinski definition) is 5. The monoisotopic (exact) mass is 440 g/mol. The van der Waals surface area contributed by atoms with Crippen LogP contribution in [0, 0.1) is 17.7 Å². The number of piperidine rings is 2. The van der Waals surface area contributed by atoms with E-state index in [0.29, 0.717) is 38.0 Å². The molecule has 2 heterocycles. The summed E-state index contributed by atoms with van der Waals surface area (Å²) in [6.45, 7) is 5.62. The molecular weight excluding hydrogens is 411 g/mol. The van der Waals surface area contributed by atoms with Crippen LogP contribution in [0.4, 0.5) is 4.39 Å². The Morgan fingerprint density at radius 3 is 2.37 bits per heavy atom. The molecule has 3 rings (SSSR count). The van der Waals surface area contributed by atoms with Gasteiger partial charge in [0.2, 0.25) is 10.0 Å². The van der Waals surface area contributed by atoms with Gasteiger partial charge in [0.25, 0.3) is 5.91 Å². The molecule has 0 saturated carbocycles. The van der Waals surface area contributed by atoms with E-state index in [-0.39, 0.29) is 11.5 Å². The van der Waals surface area contributed by atoms with Crippen molar-refractivity contribution in [3.8, 4) is 0 Å². The number of likely N-dealkylation sites (tertiary alicyclic amines) is 1. The highest BCUT2D eigenvalue weighted by atomic mass is 32.2. The smallest absolute Gasteiger partial charge is 0.338 e. The molecule has 166 valence electrons. The van der Waals surface area contributed by atoms with Crippen molar-refractivity contribution in [1.29, 1.82) is 0 Å². The van der Waals surface area contributed by atoms with E-state index in [1.165, 1.54) is 10.4 Å². The second-order valence-electron chi connectivity index (χ2n) is 8.43. The number of hydrogen-bond donors (Lipinski definition) is 0. The van der Waals surface area contributed by atoms with E-state index >= 15 is 0 Å². The second kappa shape index (κ2) is 9.43. The lowest BCUT2D eigenvalue weighted by atomic mass is 9.92. The number of benzene rings is 1. The first kappa shape index (κ1) is 22.7. The first-order valence-corrected chi connectivity index (χ1v) is 11.9. The van der Waals surface area contributed by atoms with Gasteiger partial charge in [-0.05, 0) is 49.3 Å². The molecule has 2 aliphatic rings. The van der Waals surface area contributed by atoms with E-state index in [1.54, 1.807) is 4.90 Å². The van der Waals surface area contributed by atoms with Crippen LogP contribution >= 0.6 is 0 Å². The average molecular weight is 441 g/mol. The molecule has 0 spiro atoms. The second-order valence-corrected chi connectivity index (χ2v) is 10.3. The van der Waals surface area contributed by atoms with Crippen molar-refractivity contribution in [2.75, 3.05) is 32.8 Å². The van der Waals surface area contributed by atoms with E-state index in [0.717, 1.165) is 37.8 Å². The van der Waals surface area contributed by atoms with Crippen molar-refractivity contribution < 1.29 is 27.1 Å². The van der Waals surface area contributed by atoms with Crippen LogP contribution in [-0.2, 0) is 19.6 Å². The SMILES string of the molecule is CC1CC(C)CN(C(=O)COC(=O)c2ccc(F)c(S(=O)(=O)N3CCCCC3)c2)C1. The Kier molecular flexibility index (Phi) is 7.13. The molecule has 0 aliphatic carbocycles. The van der Waals surface area contributed by atoms with Crippen LogP contribution in [0.3, 0.4) is 0 Å². The molecule has 1 aromatic rings. The summed E-state index contributed by atoms with van der Waals surface area (Å²) in [5, 5.41) is 0. The summed E-state index contributed by atoms with van der Waals surface area (Å²) < 4.78 is 46.2. The molecule has 0 N–H and O–H groups in total. The third-order valence-electron chi connectivity index (χ3n) is 5.65. The average Bonchev–Trinajstić information content (AvgIpc) is 2.71. The van der Waals surface area contributed by atoms with E-state index < -0.39 is 33.3 Å². The third kappa shape index (κ3) is 5.18. The predicted molar refractivity (Wildman–Crippen MR) is 109 cm³/mol. The van der Waals surface area contributed by atoms with Crippen LogP contribution in [0.2, 0.25) is 0 Å². The first-order chi connectivity index (χ1) is 14.2. The van der Waals surface area contributed by atoms with Crippen molar-refractivity contribution in [2.45, 2.75) is 44.4 Å². The maximum absolute atomic E-state index is 14.3. The summed E-state index contributed by atoms with van der Waals surface area (Å²) in [6.07, 6.45) is 3.42. The Labute approximate surface area is 177 Å². The van der Waals surface area contributed by atoms with Crippen LogP contribution in [0.25, 0.3) is 0 Å². The Hall–Kier alpha value is -2.00. The van der Waals surface area contributed by atoms with Gasteiger partial charge in [-0.3, -0.25) is 4.79 Å². The Balaban J connectivity index is 1.68. The number of rotatable bonds is 5. The van der Waals surface area contributed by atoms with Gasteiger partial charge >= 0.3 is 5.97 Å². The van der Waals surface area contributed by atoms with Crippen LogP contribution in [0.1, 0.15) is 49.9 Å². The molecule has 9 heteroatoms. The van der Waals surface area contributed by atoms with Crippen LogP contribution in [0.15, 0.2) is 23.1 Å². The number of nitrogens with zero attached hydrogens (tertiary/aromatic N) is 2. The number of carbonyl (C=O) groups is 2. The van der Waals surface area contributed by atoms with E-state index in [4.69, 9.17) is 4.74 Å². The summed E-state index contributed by atoms with van der Waals surface area (Å²) in [4.78, 5) is 25.9. The molecule has 0 aromatic heterocycles. The highest BCUT2D eigenvalue weighted by Crippen LogP contribution is 2.24. The van der Waals surface area contributed by atoms with Crippen LogP contribution in [-0.4, -0.2) is 62.3 Å². The topological polar surface area (TPSA) is 84.0 Å². The molecule has 30 heavy (non-hydrogen) atoms. The molecule has 7 nitrogen and oxygen atoms in total. The minimum absolute atomic E-state index is 0.0971. The summed E-state index contributed by atoms with van der Waals surface area (Å²) in [5.74, 6) is -1.29. The van der Waals surface area contributed by atoms with Gasteiger partial charge in [-0.15, -0.1) is 0 Å². The maximum Gasteiger partial charge on any atom is 0.338 e. The van der Waals surface area contributed by atoms with Crippen LogP contribution in [0.5, 0.6) is 0 Å². The lowest BCUT2D eigenvalue weighted by Crippen LogP contribution is -2.44. The first-order valence-electron chi connectivity index (χ1n) is 10.4. The fourth-order valence-electron chi connectivity index (χ4n) is 4.24. The molecule has 2 saturated heterocycles. The van der Waals surface area contributed by atoms with Gasteiger partial charge in [-0.2, -0.15) is 4.31 Å².